The molecule has 0 saturated carbocycles. The second kappa shape index (κ2) is 7.90. The third kappa shape index (κ3) is 3.96. The fourth-order valence-electron chi connectivity index (χ4n) is 3.10. The Balaban J connectivity index is 1.50. The monoisotopic (exact) mass is 385 g/mol. The number of anilines is 2. The van der Waals surface area contributed by atoms with E-state index in [9.17, 15) is 9.59 Å². The first-order valence-corrected chi connectivity index (χ1v) is 9.11. The zero-order chi connectivity index (χ0) is 20.2. The Hall–Kier alpha value is -4.06. The van der Waals surface area contributed by atoms with Gasteiger partial charge in [-0.2, -0.15) is 0 Å². The van der Waals surface area contributed by atoms with Crippen molar-refractivity contribution < 1.29 is 14.0 Å². The molecule has 0 aliphatic rings. The highest BCUT2D eigenvalue weighted by molar-refractivity contribution is 6.07. The lowest BCUT2D eigenvalue weighted by molar-refractivity contribution is 0.0994. The van der Waals surface area contributed by atoms with Crippen LogP contribution in [0.2, 0.25) is 0 Å². The molecule has 0 saturated heterocycles. The van der Waals surface area contributed by atoms with E-state index >= 15 is 0 Å². The van der Waals surface area contributed by atoms with Crippen LogP contribution in [-0.2, 0) is 0 Å². The number of carbonyl (C=O) groups excluding carboxylic acids is 2. The number of benzene rings is 2. The summed E-state index contributed by atoms with van der Waals surface area (Å²) in [6.07, 6.45) is 5.27. The molecule has 4 aromatic rings. The maximum atomic E-state index is 12.9. The van der Waals surface area contributed by atoms with Crippen LogP contribution in [0.4, 0.5) is 11.4 Å². The predicted molar refractivity (Wildman–Crippen MR) is 112 cm³/mol. The molecular formula is C23H19N3O3. The van der Waals surface area contributed by atoms with Crippen molar-refractivity contribution in [3.8, 4) is 5.69 Å². The van der Waals surface area contributed by atoms with Crippen LogP contribution >= 0.6 is 0 Å². The van der Waals surface area contributed by atoms with Crippen LogP contribution in [0.1, 0.15) is 26.5 Å². The first-order chi connectivity index (χ1) is 14.1. The zero-order valence-corrected chi connectivity index (χ0v) is 15.8. The number of hydrogen-bond donors (Lipinski definition) is 2. The van der Waals surface area contributed by atoms with Crippen LogP contribution in [0.3, 0.4) is 0 Å². The van der Waals surface area contributed by atoms with Crippen molar-refractivity contribution in [2.24, 2.45) is 0 Å². The zero-order valence-electron chi connectivity index (χ0n) is 15.8. The molecule has 0 radical (unpaired) electrons. The van der Waals surface area contributed by atoms with Gasteiger partial charge in [-0.05, 0) is 67.1 Å². The summed E-state index contributed by atoms with van der Waals surface area (Å²) in [6.45, 7) is 1.97. The van der Waals surface area contributed by atoms with Crippen molar-refractivity contribution in [1.29, 1.82) is 0 Å². The Bertz CT molecular complexity index is 1130. The second-order valence-electron chi connectivity index (χ2n) is 6.52. The Morgan fingerprint density at radius 1 is 0.793 bits per heavy atom. The van der Waals surface area contributed by atoms with Crippen molar-refractivity contribution in [2.75, 3.05) is 10.6 Å². The number of hydrogen-bond acceptors (Lipinski definition) is 3. The highest BCUT2D eigenvalue weighted by Crippen LogP contribution is 2.22. The molecule has 2 N–H and O–H groups in total. The molecule has 6 heteroatoms. The van der Waals surface area contributed by atoms with Crippen molar-refractivity contribution in [1.82, 2.24) is 4.57 Å². The van der Waals surface area contributed by atoms with E-state index in [4.69, 9.17) is 4.42 Å². The summed E-state index contributed by atoms with van der Waals surface area (Å²) in [4.78, 5) is 24.9. The molecule has 2 aromatic heterocycles. The van der Waals surface area contributed by atoms with Crippen molar-refractivity contribution in [3.63, 3.8) is 0 Å². The highest BCUT2D eigenvalue weighted by Gasteiger charge is 2.15. The quantitative estimate of drug-likeness (QED) is 0.514. The minimum absolute atomic E-state index is 0.204. The maximum absolute atomic E-state index is 12.9. The van der Waals surface area contributed by atoms with E-state index in [1.165, 1.54) is 6.26 Å². The third-order valence-corrected chi connectivity index (χ3v) is 4.49. The Labute approximate surface area is 167 Å². The molecule has 6 nitrogen and oxygen atoms in total. The molecule has 2 amide bonds. The van der Waals surface area contributed by atoms with Gasteiger partial charge in [-0.1, -0.05) is 12.1 Å². The third-order valence-electron chi connectivity index (χ3n) is 4.49. The summed E-state index contributed by atoms with van der Waals surface area (Å²) in [7, 11) is 0. The summed E-state index contributed by atoms with van der Waals surface area (Å²) in [5.74, 6) is -0.299. The van der Waals surface area contributed by atoms with Crippen molar-refractivity contribution >= 4 is 23.2 Å². The lowest BCUT2D eigenvalue weighted by Gasteiger charge is -2.14. The standard InChI is InChI=1S/C23H19N3O3/c1-16-6-4-7-19(21(16)26-13-2-3-14-26)22(27)24-17-9-11-18(12-10-17)25-23(28)20-8-5-15-29-20/h2-15H,1H3,(H,24,27)(H,25,28). The summed E-state index contributed by atoms with van der Waals surface area (Å²) in [5, 5.41) is 5.66. The average molecular weight is 385 g/mol. The van der Waals surface area contributed by atoms with Gasteiger partial charge in [-0.15, -0.1) is 0 Å². The second-order valence-corrected chi connectivity index (χ2v) is 6.52. The van der Waals surface area contributed by atoms with E-state index < -0.39 is 0 Å². The van der Waals surface area contributed by atoms with E-state index in [0.29, 0.717) is 16.9 Å². The maximum Gasteiger partial charge on any atom is 0.291 e. The SMILES string of the molecule is Cc1cccc(C(=O)Nc2ccc(NC(=O)c3ccco3)cc2)c1-n1cccc1. The number of aromatic nitrogens is 1. The van der Waals surface area contributed by atoms with Gasteiger partial charge in [-0.25, -0.2) is 0 Å². The van der Waals surface area contributed by atoms with Gasteiger partial charge in [-0.3, -0.25) is 9.59 Å². The molecule has 0 unspecified atom stereocenters. The number of para-hydroxylation sites is 1. The number of aryl methyl sites for hydroxylation is 1. The Morgan fingerprint density at radius 3 is 2.07 bits per heavy atom. The van der Waals surface area contributed by atoms with Gasteiger partial charge in [0.25, 0.3) is 11.8 Å². The molecular weight excluding hydrogens is 366 g/mol. The van der Waals surface area contributed by atoms with Gasteiger partial charge in [0.1, 0.15) is 0 Å². The molecule has 144 valence electrons. The van der Waals surface area contributed by atoms with E-state index in [0.717, 1.165) is 11.3 Å². The number of amides is 2. The minimum Gasteiger partial charge on any atom is -0.459 e. The summed E-state index contributed by atoms with van der Waals surface area (Å²) in [6, 6.07) is 19.6. The van der Waals surface area contributed by atoms with Gasteiger partial charge in [0.15, 0.2) is 5.76 Å². The lowest BCUT2D eigenvalue weighted by Crippen LogP contribution is -2.16. The lowest BCUT2D eigenvalue weighted by atomic mass is 10.1. The van der Waals surface area contributed by atoms with Gasteiger partial charge < -0.3 is 19.6 Å². The van der Waals surface area contributed by atoms with Crippen LogP contribution in [0, 0.1) is 6.92 Å². The fourth-order valence-corrected chi connectivity index (χ4v) is 3.10. The number of carbonyl (C=O) groups is 2. The van der Waals surface area contributed by atoms with Gasteiger partial charge in [0, 0.05) is 23.8 Å². The molecule has 0 aliphatic carbocycles. The average Bonchev–Trinajstić information content (AvgIpc) is 3.43. The van der Waals surface area contributed by atoms with Gasteiger partial charge in [0.2, 0.25) is 0 Å². The predicted octanol–water partition coefficient (Wildman–Crippen LogP) is 4.88. The first-order valence-electron chi connectivity index (χ1n) is 9.11. The molecule has 0 bridgehead atoms. The van der Waals surface area contributed by atoms with Gasteiger partial charge in [0.05, 0.1) is 17.5 Å². The van der Waals surface area contributed by atoms with E-state index in [1.807, 2.05) is 48.1 Å². The Morgan fingerprint density at radius 2 is 1.45 bits per heavy atom. The molecule has 29 heavy (non-hydrogen) atoms. The van der Waals surface area contributed by atoms with E-state index in [1.54, 1.807) is 42.5 Å². The van der Waals surface area contributed by atoms with Crippen molar-refractivity contribution in [3.05, 3.63) is 102 Å². The van der Waals surface area contributed by atoms with Crippen LogP contribution in [-0.4, -0.2) is 16.4 Å². The molecule has 2 aromatic carbocycles. The van der Waals surface area contributed by atoms with Crippen LogP contribution in [0.15, 0.2) is 89.8 Å². The largest absolute Gasteiger partial charge is 0.459 e. The van der Waals surface area contributed by atoms with Crippen molar-refractivity contribution in [2.45, 2.75) is 6.92 Å². The van der Waals surface area contributed by atoms with Gasteiger partial charge >= 0.3 is 0 Å². The van der Waals surface area contributed by atoms with Crippen LogP contribution in [0.25, 0.3) is 5.69 Å². The Kier molecular flexibility index (Phi) is 4.99. The highest BCUT2D eigenvalue weighted by atomic mass is 16.3. The molecule has 2 heterocycles. The number of furan rings is 1. The number of nitrogens with one attached hydrogen (secondary N) is 2. The number of nitrogens with zero attached hydrogens (tertiary/aromatic N) is 1. The van der Waals surface area contributed by atoms with Crippen LogP contribution in [0.5, 0.6) is 0 Å². The molecule has 0 atom stereocenters. The first kappa shape index (κ1) is 18.3. The molecule has 4 rings (SSSR count). The molecule has 0 spiro atoms. The smallest absolute Gasteiger partial charge is 0.291 e. The van der Waals surface area contributed by atoms with E-state index in [2.05, 4.69) is 10.6 Å². The molecule has 0 fully saturated rings. The number of rotatable bonds is 5. The normalized spacial score (nSPS) is 10.5. The fraction of sp³-hybridized carbons (Fsp3) is 0.0435. The van der Waals surface area contributed by atoms with Crippen LogP contribution < -0.4 is 10.6 Å². The minimum atomic E-state index is -0.331. The topological polar surface area (TPSA) is 76.3 Å². The van der Waals surface area contributed by atoms with E-state index in [-0.39, 0.29) is 17.6 Å². The molecule has 0 aliphatic heterocycles. The summed E-state index contributed by atoms with van der Waals surface area (Å²) in [5.41, 5.74) is 3.66. The summed E-state index contributed by atoms with van der Waals surface area (Å²) < 4.78 is 7.00. The summed E-state index contributed by atoms with van der Waals surface area (Å²) >= 11 is 0.